The molecule has 3 rings (SSSR count). The molecule has 0 spiro atoms. The standard InChI is InChI=1S/C15H11N5O/c1-21-13-6-4-12(5-7-13)20-15(14(9-16)18-19-20)11-3-2-8-17-10-11/h2-8,10H,1H3. The van der Waals surface area contributed by atoms with Crippen LogP contribution in [0.4, 0.5) is 0 Å². The predicted octanol–water partition coefficient (Wildman–Crippen LogP) is 2.21. The summed E-state index contributed by atoms with van der Waals surface area (Å²) in [5.74, 6) is 0.752. The first kappa shape index (κ1) is 12.8. The van der Waals surface area contributed by atoms with Crippen molar-refractivity contribution in [2.75, 3.05) is 7.11 Å². The maximum atomic E-state index is 9.22. The first-order valence-electron chi connectivity index (χ1n) is 6.24. The van der Waals surface area contributed by atoms with Gasteiger partial charge < -0.3 is 4.74 Å². The molecular weight excluding hydrogens is 266 g/mol. The van der Waals surface area contributed by atoms with Gasteiger partial charge in [0.25, 0.3) is 0 Å². The molecule has 0 aliphatic heterocycles. The van der Waals surface area contributed by atoms with Gasteiger partial charge in [-0.2, -0.15) is 5.26 Å². The van der Waals surface area contributed by atoms with Crippen LogP contribution in [0.5, 0.6) is 5.75 Å². The largest absolute Gasteiger partial charge is 0.497 e. The minimum atomic E-state index is 0.263. The highest BCUT2D eigenvalue weighted by Crippen LogP contribution is 2.24. The van der Waals surface area contributed by atoms with Gasteiger partial charge in [-0.3, -0.25) is 4.98 Å². The second-order valence-electron chi connectivity index (χ2n) is 4.25. The molecule has 102 valence electrons. The Hall–Kier alpha value is -3.20. The molecule has 0 aliphatic rings. The van der Waals surface area contributed by atoms with E-state index < -0.39 is 0 Å². The van der Waals surface area contributed by atoms with E-state index in [1.807, 2.05) is 36.4 Å². The summed E-state index contributed by atoms with van der Waals surface area (Å²) < 4.78 is 6.76. The Bertz CT molecular complexity index is 787. The van der Waals surface area contributed by atoms with Crippen molar-refractivity contribution < 1.29 is 4.74 Å². The third-order valence-electron chi connectivity index (χ3n) is 3.03. The van der Waals surface area contributed by atoms with Gasteiger partial charge in [-0.1, -0.05) is 5.21 Å². The molecule has 0 amide bonds. The SMILES string of the molecule is COc1ccc(-n2nnc(C#N)c2-c2cccnc2)cc1. The van der Waals surface area contributed by atoms with Gasteiger partial charge in [0.2, 0.25) is 0 Å². The van der Waals surface area contributed by atoms with Crippen molar-refractivity contribution in [3.8, 4) is 28.8 Å². The van der Waals surface area contributed by atoms with Crippen LogP contribution in [-0.2, 0) is 0 Å². The molecule has 3 aromatic rings. The van der Waals surface area contributed by atoms with Crippen LogP contribution >= 0.6 is 0 Å². The monoisotopic (exact) mass is 277 g/mol. The quantitative estimate of drug-likeness (QED) is 0.733. The Morgan fingerprint density at radius 2 is 2.00 bits per heavy atom. The number of nitrogens with zero attached hydrogens (tertiary/aromatic N) is 5. The Morgan fingerprint density at radius 1 is 1.19 bits per heavy atom. The Kier molecular flexibility index (Phi) is 3.31. The van der Waals surface area contributed by atoms with Gasteiger partial charge in [0.05, 0.1) is 12.8 Å². The van der Waals surface area contributed by atoms with E-state index in [0.29, 0.717) is 5.69 Å². The van der Waals surface area contributed by atoms with Crippen LogP contribution in [0.3, 0.4) is 0 Å². The molecule has 0 saturated carbocycles. The molecule has 0 atom stereocenters. The van der Waals surface area contributed by atoms with E-state index in [9.17, 15) is 5.26 Å². The molecule has 0 N–H and O–H groups in total. The number of hydrogen-bond acceptors (Lipinski definition) is 5. The molecule has 0 fully saturated rings. The van der Waals surface area contributed by atoms with Gasteiger partial charge in [-0.05, 0) is 36.4 Å². The van der Waals surface area contributed by atoms with Crippen LogP contribution < -0.4 is 4.74 Å². The van der Waals surface area contributed by atoms with Gasteiger partial charge in [0.1, 0.15) is 17.5 Å². The summed E-state index contributed by atoms with van der Waals surface area (Å²) in [6.45, 7) is 0. The summed E-state index contributed by atoms with van der Waals surface area (Å²) in [7, 11) is 1.61. The molecule has 0 saturated heterocycles. The molecule has 0 bridgehead atoms. The van der Waals surface area contributed by atoms with Gasteiger partial charge >= 0.3 is 0 Å². The zero-order chi connectivity index (χ0) is 14.7. The average Bonchev–Trinajstić information content (AvgIpc) is 2.99. The summed E-state index contributed by atoms with van der Waals surface area (Å²) >= 11 is 0. The second kappa shape index (κ2) is 5.43. The molecule has 6 nitrogen and oxygen atoms in total. The lowest BCUT2D eigenvalue weighted by atomic mass is 10.1. The van der Waals surface area contributed by atoms with E-state index in [4.69, 9.17) is 4.74 Å². The van der Waals surface area contributed by atoms with Crippen molar-refractivity contribution >= 4 is 0 Å². The maximum absolute atomic E-state index is 9.22. The van der Waals surface area contributed by atoms with Crippen LogP contribution in [0, 0.1) is 11.3 Å². The molecule has 2 heterocycles. The third-order valence-corrected chi connectivity index (χ3v) is 3.03. The summed E-state index contributed by atoms with van der Waals surface area (Å²) in [6.07, 6.45) is 3.36. The summed E-state index contributed by atoms with van der Waals surface area (Å²) in [5.41, 5.74) is 2.47. The fourth-order valence-electron chi connectivity index (χ4n) is 2.02. The summed E-state index contributed by atoms with van der Waals surface area (Å²) in [6, 6.07) is 13.1. The van der Waals surface area contributed by atoms with Crippen LogP contribution in [0.1, 0.15) is 5.69 Å². The molecule has 0 aliphatic carbocycles. The maximum Gasteiger partial charge on any atom is 0.191 e. The van der Waals surface area contributed by atoms with Gasteiger partial charge in [-0.15, -0.1) is 5.10 Å². The van der Waals surface area contributed by atoms with E-state index in [0.717, 1.165) is 17.0 Å². The zero-order valence-corrected chi connectivity index (χ0v) is 11.3. The van der Waals surface area contributed by atoms with E-state index in [1.54, 1.807) is 24.2 Å². The number of aromatic nitrogens is 4. The number of pyridine rings is 1. The lowest BCUT2D eigenvalue weighted by Crippen LogP contribution is -2.00. The minimum Gasteiger partial charge on any atom is -0.497 e. The van der Waals surface area contributed by atoms with Crippen LogP contribution in [-0.4, -0.2) is 27.1 Å². The normalized spacial score (nSPS) is 10.1. The number of benzene rings is 1. The Labute approximate surface area is 121 Å². The second-order valence-corrected chi connectivity index (χ2v) is 4.25. The highest BCUT2D eigenvalue weighted by Gasteiger charge is 2.16. The average molecular weight is 277 g/mol. The van der Waals surface area contributed by atoms with Gasteiger partial charge in [-0.25, -0.2) is 4.68 Å². The van der Waals surface area contributed by atoms with Crippen molar-refractivity contribution in [3.63, 3.8) is 0 Å². The predicted molar refractivity (Wildman–Crippen MR) is 75.9 cm³/mol. The van der Waals surface area contributed by atoms with Crippen molar-refractivity contribution in [2.45, 2.75) is 0 Å². The van der Waals surface area contributed by atoms with Crippen molar-refractivity contribution in [1.29, 1.82) is 5.26 Å². The molecule has 1 aromatic carbocycles. The first-order valence-corrected chi connectivity index (χ1v) is 6.24. The number of methoxy groups -OCH3 is 1. The lowest BCUT2D eigenvalue weighted by molar-refractivity contribution is 0.414. The van der Waals surface area contributed by atoms with Crippen molar-refractivity contribution in [3.05, 3.63) is 54.5 Å². The van der Waals surface area contributed by atoms with Gasteiger partial charge in [0.15, 0.2) is 5.69 Å². The molecule has 2 aromatic heterocycles. The lowest BCUT2D eigenvalue weighted by Gasteiger charge is -2.07. The molecule has 0 unspecified atom stereocenters. The number of hydrogen-bond donors (Lipinski definition) is 0. The van der Waals surface area contributed by atoms with E-state index in [-0.39, 0.29) is 5.69 Å². The third kappa shape index (κ3) is 2.32. The first-order chi connectivity index (χ1) is 10.3. The van der Waals surface area contributed by atoms with Crippen LogP contribution in [0.15, 0.2) is 48.8 Å². The highest BCUT2D eigenvalue weighted by molar-refractivity contribution is 5.66. The number of nitriles is 1. The van der Waals surface area contributed by atoms with E-state index >= 15 is 0 Å². The molecule has 21 heavy (non-hydrogen) atoms. The fourth-order valence-corrected chi connectivity index (χ4v) is 2.02. The van der Waals surface area contributed by atoms with Crippen LogP contribution in [0.25, 0.3) is 16.9 Å². The number of ether oxygens (including phenoxy) is 1. The molecular formula is C15H11N5O. The molecule has 0 radical (unpaired) electrons. The van der Waals surface area contributed by atoms with Crippen LogP contribution in [0.2, 0.25) is 0 Å². The zero-order valence-electron chi connectivity index (χ0n) is 11.3. The van der Waals surface area contributed by atoms with E-state index in [2.05, 4.69) is 21.4 Å². The Balaban J connectivity index is 2.15. The number of rotatable bonds is 3. The summed E-state index contributed by atoms with van der Waals surface area (Å²) in [4.78, 5) is 4.08. The van der Waals surface area contributed by atoms with Crippen molar-refractivity contribution in [2.24, 2.45) is 0 Å². The fraction of sp³-hybridized carbons (Fsp3) is 0.0667. The van der Waals surface area contributed by atoms with Crippen molar-refractivity contribution in [1.82, 2.24) is 20.0 Å². The minimum absolute atomic E-state index is 0.263. The molecule has 6 heteroatoms. The Morgan fingerprint density at radius 3 is 2.62 bits per heavy atom. The highest BCUT2D eigenvalue weighted by atomic mass is 16.5. The topological polar surface area (TPSA) is 76.6 Å². The van der Waals surface area contributed by atoms with E-state index in [1.165, 1.54) is 0 Å². The summed E-state index contributed by atoms with van der Waals surface area (Å²) in [5, 5.41) is 17.2. The van der Waals surface area contributed by atoms with Gasteiger partial charge in [0, 0.05) is 18.0 Å². The smallest absolute Gasteiger partial charge is 0.191 e.